The highest BCUT2D eigenvalue weighted by atomic mass is 79.9. The highest BCUT2D eigenvalue weighted by Crippen LogP contribution is 2.45. The van der Waals surface area contributed by atoms with Crippen LogP contribution in [0.15, 0.2) is 22.7 Å². The molecule has 1 unspecified atom stereocenters. The molecule has 4 heteroatoms. The first-order valence-corrected chi connectivity index (χ1v) is 8.59. The summed E-state index contributed by atoms with van der Waals surface area (Å²) in [6, 6.07) is 5.58. The lowest BCUT2D eigenvalue weighted by Crippen LogP contribution is -2.37. The lowest BCUT2D eigenvalue weighted by molar-refractivity contribution is 0.00801. The third kappa shape index (κ3) is 3.56. The Bertz CT molecular complexity index is 444. The Morgan fingerprint density at radius 1 is 1.20 bits per heavy atom. The van der Waals surface area contributed by atoms with E-state index >= 15 is 0 Å². The summed E-state index contributed by atoms with van der Waals surface area (Å²) in [4.78, 5) is 0. The molecule has 1 aliphatic rings. The number of nitrogens with two attached hydrogens (primary N) is 1. The van der Waals surface area contributed by atoms with Crippen LogP contribution >= 0.6 is 27.5 Å². The topological polar surface area (TPSA) is 46.2 Å². The molecule has 0 bridgehead atoms. The van der Waals surface area contributed by atoms with E-state index in [1.165, 1.54) is 19.3 Å². The Morgan fingerprint density at radius 2 is 1.80 bits per heavy atom. The maximum Gasteiger partial charge on any atom is 0.0869 e. The molecule has 1 atom stereocenters. The van der Waals surface area contributed by atoms with E-state index in [9.17, 15) is 5.11 Å². The van der Waals surface area contributed by atoms with Crippen molar-refractivity contribution in [1.82, 2.24) is 0 Å². The standard InChI is InChI=1S/C16H23BrClNO/c17-14-7-6-12(18)10-13(14)15(20)16(11-19)8-4-2-1-3-5-9-16/h6-7,10,15,20H,1-5,8-9,11,19H2. The summed E-state index contributed by atoms with van der Waals surface area (Å²) in [5.41, 5.74) is 6.73. The van der Waals surface area contributed by atoms with Gasteiger partial charge < -0.3 is 10.8 Å². The molecule has 2 rings (SSSR count). The van der Waals surface area contributed by atoms with Crippen LogP contribution in [0.1, 0.15) is 56.6 Å². The summed E-state index contributed by atoms with van der Waals surface area (Å²) < 4.78 is 0.907. The van der Waals surface area contributed by atoms with Crippen molar-refractivity contribution in [3.63, 3.8) is 0 Å². The summed E-state index contributed by atoms with van der Waals surface area (Å²) in [6.45, 7) is 0.521. The molecule has 1 saturated carbocycles. The Kier molecular flexibility index (Phi) is 5.91. The summed E-state index contributed by atoms with van der Waals surface area (Å²) in [6.07, 6.45) is 7.50. The smallest absolute Gasteiger partial charge is 0.0869 e. The Morgan fingerprint density at radius 3 is 2.40 bits per heavy atom. The van der Waals surface area contributed by atoms with Crippen molar-refractivity contribution < 1.29 is 5.11 Å². The second-order valence-electron chi connectivity index (χ2n) is 5.90. The minimum absolute atomic E-state index is 0.215. The SMILES string of the molecule is NCC1(C(O)c2cc(Cl)ccc2Br)CCCCCCC1. The minimum Gasteiger partial charge on any atom is -0.388 e. The minimum atomic E-state index is -0.557. The molecule has 0 spiro atoms. The van der Waals surface area contributed by atoms with Gasteiger partial charge in [-0.25, -0.2) is 0 Å². The highest BCUT2D eigenvalue weighted by Gasteiger charge is 2.38. The molecule has 0 aliphatic heterocycles. The fourth-order valence-corrected chi connectivity index (χ4v) is 3.90. The maximum absolute atomic E-state index is 10.9. The lowest BCUT2D eigenvalue weighted by Gasteiger charge is -2.39. The molecule has 0 radical (unpaired) electrons. The van der Waals surface area contributed by atoms with Crippen molar-refractivity contribution in [2.75, 3.05) is 6.54 Å². The van der Waals surface area contributed by atoms with Gasteiger partial charge in [0, 0.05) is 21.5 Å². The van der Waals surface area contributed by atoms with Crippen molar-refractivity contribution in [2.45, 2.75) is 51.0 Å². The van der Waals surface area contributed by atoms with E-state index in [1.54, 1.807) is 0 Å². The third-order valence-corrected chi connectivity index (χ3v) is 5.55. The van der Waals surface area contributed by atoms with Gasteiger partial charge >= 0.3 is 0 Å². The second-order valence-corrected chi connectivity index (χ2v) is 7.19. The van der Waals surface area contributed by atoms with E-state index in [0.717, 1.165) is 35.7 Å². The number of aliphatic hydroxyl groups is 1. The molecule has 0 heterocycles. The first-order chi connectivity index (χ1) is 9.59. The van der Waals surface area contributed by atoms with Gasteiger partial charge in [0.15, 0.2) is 0 Å². The molecule has 1 fully saturated rings. The van der Waals surface area contributed by atoms with Crippen LogP contribution in [0.3, 0.4) is 0 Å². The lowest BCUT2D eigenvalue weighted by atomic mass is 9.70. The Hall–Kier alpha value is -0.0900. The van der Waals surface area contributed by atoms with Gasteiger partial charge in [0.1, 0.15) is 0 Å². The maximum atomic E-state index is 10.9. The van der Waals surface area contributed by atoms with Crippen LogP contribution in [0.2, 0.25) is 5.02 Å². The van der Waals surface area contributed by atoms with Crippen molar-refractivity contribution in [3.05, 3.63) is 33.3 Å². The largest absolute Gasteiger partial charge is 0.388 e. The van der Waals surface area contributed by atoms with Gasteiger partial charge in [0.2, 0.25) is 0 Å². The van der Waals surface area contributed by atoms with E-state index < -0.39 is 6.10 Å². The van der Waals surface area contributed by atoms with Crippen LogP contribution < -0.4 is 5.73 Å². The molecular formula is C16H23BrClNO. The van der Waals surface area contributed by atoms with E-state index in [-0.39, 0.29) is 5.41 Å². The number of benzene rings is 1. The average molecular weight is 361 g/mol. The second kappa shape index (κ2) is 7.26. The van der Waals surface area contributed by atoms with Gasteiger partial charge in [-0.05, 0) is 36.6 Å². The van der Waals surface area contributed by atoms with E-state index in [4.69, 9.17) is 17.3 Å². The van der Waals surface area contributed by atoms with Gasteiger partial charge in [0.05, 0.1) is 6.10 Å². The zero-order valence-electron chi connectivity index (χ0n) is 11.7. The molecule has 0 aromatic heterocycles. The first kappa shape index (κ1) is 16.3. The normalized spacial score (nSPS) is 21.0. The zero-order chi connectivity index (χ0) is 14.6. The molecule has 112 valence electrons. The first-order valence-electron chi connectivity index (χ1n) is 7.42. The van der Waals surface area contributed by atoms with Gasteiger partial charge in [-0.2, -0.15) is 0 Å². The van der Waals surface area contributed by atoms with Gasteiger partial charge in [-0.15, -0.1) is 0 Å². The molecule has 20 heavy (non-hydrogen) atoms. The predicted molar refractivity (Wildman–Crippen MR) is 87.9 cm³/mol. The summed E-state index contributed by atoms with van der Waals surface area (Å²) >= 11 is 9.61. The van der Waals surface area contributed by atoms with Gasteiger partial charge in [-0.3, -0.25) is 0 Å². The molecule has 1 aliphatic carbocycles. The van der Waals surface area contributed by atoms with Crippen LogP contribution in [-0.4, -0.2) is 11.7 Å². The quantitative estimate of drug-likeness (QED) is 0.811. The van der Waals surface area contributed by atoms with Crippen molar-refractivity contribution in [2.24, 2.45) is 11.1 Å². The van der Waals surface area contributed by atoms with Crippen LogP contribution in [0, 0.1) is 5.41 Å². The monoisotopic (exact) mass is 359 g/mol. The zero-order valence-corrected chi connectivity index (χ0v) is 14.1. The molecule has 0 amide bonds. The van der Waals surface area contributed by atoms with Gasteiger partial charge in [-0.1, -0.05) is 59.6 Å². The fourth-order valence-electron chi connectivity index (χ4n) is 3.25. The van der Waals surface area contributed by atoms with Crippen molar-refractivity contribution >= 4 is 27.5 Å². The van der Waals surface area contributed by atoms with E-state index in [0.29, 0.717) is 11.6 Å². The molecule has 0 saturated heterocycles. The number of halogens is 2. The molecular weight excluding hydrogens is 338 g/mol. The van der Waals surface area contributed by atoms with Gasteiger partial charge in [0.25, 0.3) is 0 Å². The average Bonchev–Trinajstić information content (AvgIpc) is 2.41. The summed E-state index contributed by atoms with van der Waals surface area (Å²) in [5.74, 6) is 0. The molecule has 1 aromatic carbocycles. The Balaban J connectivity index is 2.30. The highest BCUT2D eigenvalue weighted by molar-refractivity contribution is 9.10. The van der Waals surface area contributed by atoms with Crippen molar-refractivity contribution in [3.8, 4) is 0 Å². The van der Waals surface area contributed by atoms with Crippen LogP contribution in [0.25, 0.3) is 0 Å². The Labute approximate surface area is 134 Å². The third-order valence-electron chi connectivity index (χ3n) is 4.59. The summed E-state index contributed by atoms with van der Waals surface area (Å²) in [7, 11) is 0. The summed E-state index contributed by atoms with van der Waals surface area (Å²) in [5, 5.41) is 11.6. The number of hydrogen-bond donors (Lipinski definition) is 2. The van der Waals surface area contributed by atoms with E-state index in [2.05, 4.69) is 15.9 Å². The fraction of sp³-hybridized carbons (Fsp3) is 0.625. The number of hydrogen-bond acceptors (Lipinski definition) is 2. The predicted octanol–water partition coefficient (Wildman–Crippen LogP) is 4.83. The molecule has 3 N–H and O–H groups in total. The number of rotatable bonds is 3. The molecule has 1 aromatic rings. The number of aliphatic hydroxyl groups excluding tert-OH is 1. The van der Waals surface area contributed by atoms with Crippen LogP contribution in [0.4, 0.5) is 0 Å². The van der Waals surface area contributed by atoms with Crippen LogP contribution in [0.5, 0.6) is 0 Å². The van der Waals surface area contributed by atoms with E-state index in [1.807, 2.05) is 18.2 Å². The van der Waals surface area contributed by atoms with Crippen molar-refractivity contribution in [1.29, 1.82) is 0 Å². The van der Waals surface area contributed by atoms with Crippen LogP contribution in [-0.2, 0) is 0 Å². The molecule has 2 nitrogen and oxygen atoms in total.